The van der Waals surface area contributed by atoms with Crippen LogP contribution in [0.3, 0.4) is 0 Å². The lowest BCUT2D eigenvalue weighted by Crippen LogP contribution is -2.24. The third-order valence-electron chi connectivity index (χ3n) is 4.63. The van der Waals surface area contributed by atoms with Gasteiger partial charge in [0.15, 0.2) is 5.65 Å². The fourth-order valence-electron chi connectivity index (χ4n) is 3.26. The lowest BCUT2D eigenvalue weighted by Gasteiger charge is -2.06. The van der Waals surface area contributed by atoms with E-state index < -0.39 is 5.97 Å². The molecule has 0 fully saturated rings. The third kappa shape index (κ3) is 3.50. The van der Waals surface area contributed by atoms with Gasteiger partial charge in [-0.15, -0.1) is 0 Å². The maximum absolute atomic E-state index is 13.3. The Labute approximate surface area is 167 Å². The summed E-state index contributed by atoms with van der Waals surface area (Å²) >= 11 is 0. The van der Waals surface area contributed by atoms with Crippen LogP contribution in [-0.4, -0.2) is 26.7 Å². The summed E-state index contributed by atoms with van der Waals surface area (Å²) in [4.78, 5) is 29.8. The second-order valence-electron chi connectivity index (χ2n) is 6.56. The number of ether oxygens (including phenoxy) is 1. The first-order valence-corrected chi connectivity index (χ1v) is 9.26. The lowest BCUT2D eigenvalue weighted by atomic mass is 10.2. The molecule has 0 aliphatic rings. The van der Waals surface area contributed by atoms with Crippen LogP contribution in [0.25, 0.3) is 16.9 Å². The molecule has 2 aromatic heterocycles. The van der Waals surface area contributed by atoms with Gasteiger partial charge in [0, 0.05) is 11.9 Å². The molecule has 0 aliphatic carbocycles. The first-order chi connectivity index (χ1) is 14.1. The topological polar surface area (TPSA) is 92.1 Å². The predicted molar refractivity (Wildman–Crippen MR) is 111 cm³/mol. The summed E-state index contributed by atoms with van der Waals surface area (Å²) in [7, 11) is 0. The summed E-state index contributed by atoms with van der Waals surface area (Å²) < 4.78 is 8.24. The van der Waals surface area contributed by atoms with E-state index in [9.17, 15) is 9.59 Å². The minimum absolute atomic E-state index is 0.239. The van der Waals surface area contributed by atoms with E-state index in [1.165, 1.54) is 4.57 Å². The number of nitrogens with zero attached hydrogens (tertiary/aromatic N) is 3. The van der Waals surface area contributed by atoms with Crippen LogP contribution < -0.4 is 11.4 Å². The largest absolute Gasteiger partial charge is 0.462 e. The van der Waals surface area contributed by atoms with Gasteiger partial charge in [-0.2, -0.15) is 0 Å². The number of nitrogens with two attached hydrogens (primary N) is 1. The molecule has 146 valence electrons. The molecule has 0 saturated carbocycles. The van der Waals surface area contributed by atoms with Crippen molar-refractivity contribution in [1.82, 2.24) is 14.1 Å². The Morgan fingerprint density at radius 2 is 1.90 bits per heavy atom. The average molecular weight is 388 g/mol. The van der Waals surface area contributed by atoms with Crippen molar-refractivity contribution in [2.75, 3.05) is 12.3 Å². The Morgan fingerprint density at radius 1 is 1.10 bits per heavy atom. The summed E-state index contributed by atoms with van der Waals surface area (Å²) in [5.41, 5.74) is 9.30. The first kappa shape index (κ1) is 18.5. The number of pyridine rings is 1. The fraction of sp³-hybridized carbons (Fsp3) is 0.136. The van der Waals surface area contributed by atoms with E-state index in [2.05, 4.69) is 4.98 Å². The highest BCUT2D eigenvalue weighted by molar-refractivity contribution is 5.90. The zero-order chi connectivity index (χ0) is 20.4. The van der Waals surface area contributed by atoms with Crippen LogP contribution in [0.15, 0.2) is 71.7 Å². The number of hydrogen-bond donors (Lipinski definition) is 1. The van der Waals surface area contributed by atoms with Crippen molar-refractivity contribution in [1.29, 1.82) is 0 Å². The number of esters is 1. The van der Waals surface area contributed by atoms with Crippen molar-refractivity contribution in [3.05, 3.63) is 88.5 Å². The summed E-state index contributed by atoms with van der Waals surface area (Å²) in [6.07, 6.45) is 1.64. The Morgan fingerprint density at radius 3 is 2.66 bits per heavy atom. The number of benzene rings is 2. The van der Waals surface area contributed by atoms with Crippen molar-refractivity contribution in [2.24, 2.45) is 0 Å². The van der Waals surface area contributed by atoms with Crippen molar-refractivity contribution >= 4 is 22.8 Å². The highest BCUT2D eigenvalue weighted by Gasteiger charge is 2.17. The fourth-order valence-corrected chi connectivity index (χ4v) is 3.26. The number of fused-ring (bicyclic) bond motifs is 1. The van der Waals surface area contributed by atoms with Gasteiger partial charge in [0.2, 0.25) is 0 Å². The zero-order valence-corrected chi connectivity index (χ0v) is 15.9. The van der Waals surface area contributed by atoms with Gasteiger partial charge in [-0.25, -0.2) is 19.1 Å². The minimum Gasteiger partial charge on any atom is -0.462 e. The van der Waals surface area contributed by atoms with Gasteiger partial charge in [-0.3, -0.25) is 4.57 Å². The molecule has 7 nitrogen and oxygen atoms in total. The molecule has 29 heavy (non-hydrogen) atoms. The molecule has 0 spiro atoms. The minimum atomic E-state index is -0.430. The number of anilines is 1. The Bertz CT molecular complexity index is 1240. The molecular weight excluding hydrogens is 368 g/mol. The number of imidazole rings is 1. The molecule has 0 atom stereocenters. The summed E-state index contributed by atoms with van der Waals surface area (Å²) in [6, 6.07) is 17.8. The number of nitrogen functional groups attached to an aromatic ring is 1. The molecule has 0 radical (unpaired) electrons. The zero-order valence-electron chi connectivity index (χ0n) is 15.9. The van der Waals surface area contributed by atoms with Crippen LogP contribution in [0.5, 0.6) is 0 Å². The number of carbonyl (C=O) groups is 1. The molecule has 2 N–H and O–H groups in total. The molecule has 0 aliphatic heterocycles. The van der Waals surface area contributed by atoms with Gasteiger partial charge >= 0.3 is 11.7 Å². The predicted octanol–water partition coefficient (Wildman–Crippen LogP) is 2.99. The van der Waals surface area contributed by atoms with Crippen LogP contribution in [0.4, 0.5) is 5.69 Å². The highest BCUT2D eigenvalue weighted by atomic mass is 16.5. The molecular formula is C22H20N4O3. The van der Waals surface area contributed by atoms with Crippen molar-refractivity contribution in [3.8, 4) is 5.69 Å². The van der Waals surface area contributed by atoms with Gasteiger partial charge in [0.05, 0.1) is 29.9 Å². The molecule has 0 saturated heterocycles. The molecule has 0 unspecified atom stereocenters. The van der Waals surface area contributed by atoms with Crippen LogP contribution in [0.2, 0.25) is 0 Å². The van der Waals surface area contributed by atoms with Gasteiger partial charge in [0.1, 0.15) is 0 Å². The summed E-state index contributed by atoms with van der Waals surface area (Å²) in [6.45, 7) is 2.42. The first-order valence-electron chi connectivity index (χ1n) is 9.26. The smallest absolute Gasteiger partial charge is 0.338 e. The molecule has 4 aromatic rings. The highest BCUT2D eigenvalue weighted by Crippen LogP contribution is 2.18. The van der Waals surface area contributed by atoms with Crippen molar-refractivity contribution < 1.29 is 9.53 Å². The Kier molecular flexibility index (Phi) is 4.87. The number of hydrogen-bond acceptors (Lipinski definition) is 5. The Balaban J connectivity index is 1.85. The van der Waals surface area contributed by atoms with E-state index in [0.29, 0.717) is 34.6 Å². The number of rotatable bonds is 5. The second kappa shape index (κ2) is 7.63. The molecule has 4 rings (SSSR count). The molecule has 0 amide bonds. The maximum atomic E-state index is 13.3. The van der Waals surface area contributed by atoms with Gasteiger partial charge in [-0.05, 0) is 55.0 Å². The van der Waals surface area contributed by atoms with Crippen LogP contribution in [0, 0.1) is 0 Å². The van der Waals surface area contributed by atoms with E-state index >= 15 is 0 Å². The van der Waals surface area contributed by atoms with E-state index in [4.69, 9.17) is 10.5 Å². The number of aromatic nitrogens is 3. The third-order valence-corrected chi connectivity index (χ3v) is 4.63. The molecule has 2 heterocycles. The van der Waals surface area contributed by atoms with E-state index in [1.807, 2.05) is 18.2 Å². The normalized spacial score (nSPS) is 10.9. The SMILES string of the molecule is CCOC(=O)c1cccc(-n2c(=O)n(Cc3ccc(N)cc3)c3cccnc32)c1. The second-order valence-corrected chi connectivity index (χ2v) is 6.56. The average Bonchev–Trinajstić information content (AvgIpc) is 3.01. The van der Waals surface area contributed by atoms with Crippen LogP contribution in [-0.2, 0) is 11.3 Å². The molecule has 0 bridgehead atoms. The maximum Gasteiger partial charge on any atom is 0.338 e. The molecule has 2 aromatic carbocycles. The lowest BCUT2D eigenvalue weighted by molar-refractivity contribution is 0.0526. The van der Waals surface area contributed by atoms with Gasteiger partial charge in [-0.1, -0.05) is 18.2 Å². The van der Waals surface area contributed by atoms with Crippen LogP contribution >= 0.6 is 0 Å². The number of carbonyl (C=O) groups excluding carboxylic acids is 1. The monoisotopic (exact) mass is 388 g/mol. The van der Waals surface area contributed by atoms with Crippen molar-refractivity contribution in [2.45, 2.75) is 13.5 Å². The van der Waals surface area contributed by atoms with E-state index in [1.54, 1.807) is 60.2 Å². The Hall–Kier alpha value is -3.87. The summed E-state index contributed by atoms with van der Waals surface area (Å²) in [5, 5.41) is 0. The van der Waals surface area contributed by atoms with Gasteiger partial charge in [0.25, 0.3) is 0 Å². The molecule has 7 heteroatoms. The van der Waals surface area contributed by atoms with E-state index in [0.717, 1.165) is 5.56 Å². The summed E-state index contributed by atoms with van der Waals surface area (Å²) in [5.74, 6) is -0.430. The van der Waals surface area contributed by atoms with E-state index in [-0.39, 0.29) is 12.3 Å². The van der Waals surface area contributed by atoms with Crippen molar-refractivity contribution in [3.63, 3.8) is 0 Å². The standard InChI is InChI=1S/C22H20N4O3/c1-2-29-21(27)16-5-3-6-18(13-16)26-20-19(7-4-12-24-20)25(22(26)28)14-15-8-10-17(23)11-9-15/h3-13H,2,14,23H2,1H3. The van der Waals surface area contributed by atoms with Crippen LogP contribution in [0.1, 0.15) is 22.8 Å². The van der Waals surface area contributed by atoms with Gasteiger partial charge < -0.3 is 10.5 Å². The quantitative estimate of drug-likeness (QED) is 0.419.